The van der Waals surface area contributed by atoms with Gasteiger partial charge in [0.25, 0.3) is 0 Å². The molecule has 1 aliphatic rings. The second-order valence-corrected chi connectivity index (χ2v) is 7.21. The van der Waals surface area contributed by atoms with Crippen LogP contribution in [0.5, 0.6) is 23.0 Å². The van der Waals surface area contributed by atoms with Crippen LogP contribution in [0.3, 0.4) is 0 Å². The molecule has 0 aliphatic carbocycles. The molecule has 2 N–H and O–H groups in total. The highest BCUT2D eigenvalue weighted by molar-refractivity contribution is 7.46. The maximum absolute atomic E-state index is 11.4. The SMILES string of the molecule is COc1ccc(-c2conc2-c2cc(C)c3c(c2)OCO3)c(OP(=O)(O)O)c1. The number of aromatic nitrogens is 1. The van der Waals surface area contributed by atoms with Gasteiger partial charge in [-0.3, -0.25) is 9.79 Å². The summed E-state index contributed by atoms with van der Waals surface area (Å²) >= 11 is 0. The maximum Gasteiger partial charge on any atom is 0.524 e. The summed E-state index contributed by atoms with van der Waals surface area (Å²) in [5, 5.41) is 4.06. The van der Waals surface area contributed by atoms with Crippen molar-refractivity contribution in [2.45, 2.75) is 6.92 Å². The number of ether oxygens (including phenoxy) is 3. The molecule has 146 valence electrons. The molecule has 1 aromatic heterocycles. The number of methoxy groups -OCH3 is 1. The number of aryl methyl sites for hydroxylation is 1. The van der Waals surface area contributed by atoms with E-state index in [1.165, 1.54) is 19.4 Å². The van der Waals surface area contributed by atoms with Crippen molar-refractivity contribution in [3.8, 4) is 45.4 Å². The lowest BCUT2D eigenvalue weighted by Crippen LogP contribution is -1.95. The summed E-state index contributed by atoms with van der Waals surface area (Å²) in [4.78, 5) is 18.5. The van der Waals surface area contributed by atoms with E-state index in [0.29, 0.717) is 39.6 Å². The fourth-order valence-electron chi connectivity index (χ4n) is 3.01. The Kier molecular flexibility index (Phi) is 4.50. The van der Waals surface area contributed by atoms with Gasteiger partial charge in [0.2, 0.25) is 6.79 Å². The van der Waals surface area contributed by atoms with Crippen LogP contribution in [-0.4, -0.2) is 28.8 Å². The van der Waals surface area contributed by atoms with Crippen molar-refractivity contribution in [1.82, 2.24) is 5.16 Å². The molecule has 2 aromatic carbocycles. The quantitative estimate of drug-likeness (QED) is 0.614. The van der Waals surface area contributed by atoms with E-state index in [9.17, 15) is 14.4 Å². The molecule has 0 spiro atoms. The third-order valence-corrected chi connectivity index (χ3v) is 4.63. The summed E-state index contributed by atoms with van der Waals surface area (Å²) in [6.07, 6.45) is 1.38. The summed E-state index contributed by atoms with van der Waals surface area (Å²) < 4.78 is 37.4. The zero-order chi connectivity index (χ0) is 19.9. The highest BCUT2D eigenvalue weighted by atomic mass is 31.2. The zero-order valence-electron chi connectivity index (χ0n) is 14.9. The van der Waals surface area contributed by atoms with Gasteiger partial charge in [0, 0.05) is 17.2 Å². The minimum absolute atomic E-state index is 0.0606. The van der Waals surface area contributed by atoms with Gasteiger partial charge in [-0.05, 0) is 36.8 Å². The minimum Gasteiger partial charge on any atom is -0.497 e. The van der Waals surface area contributed by atoms with Gasteiger partial charge < -0.3 is 23.3 Å². The summed E-state index contributed by atoms with van der Waals surface area (Å²) in [7, 11) is -3.35. The molecule has 0 radical (unpaired) electrons. The van der Waals surface area contributed by atoms with E-state index in [2.05, 4.69) is 5.16 Å². The first-order valence-electron chi connectivity index (χ1n) is 8.14. The Morgan fingerprint density at radius 3 is 2.71 bits per heavy atom. The average Bonchev–Trinajstić information content (AvgIpc) is 3.29. The fraction of sp³-hybridized carbons (Fsp3) is 0.167. The molecule has 0 fully saturated rings. The summed E-state index contributed by atoms with van der Waals surface area (Å²) in [5.74, 6) is 1.58. The van der Waals surface area contributed by atoms with E-state index in [1.54, 1.807) is 18.2 Å². The Balaban J connectivity index is 1.84. The molecule has 0 amide bonds. The van der Waals surface area contributed by atoms with Crippen molar-refractivity contribution >= 4 is 7.82 Å². The Labute approximate surface area is 159 Å². The zero-order valence-corrected chi connectivity index (χ0v) is 15.8. The monoisotopic (exact) mass is 405 g/mol. The van der Waals surface area contributed by atoms with Gasteiger partial charge in [-0.25, -0.2) is 4.57 Å². The van der Waals surface area contributed by atoms with E-state index in [1.807, 2.05) is 13.0 Å². The van der Waals surface area contributed by atoms with Crippen LogP contribution in [0.25, 0.3) is 22.4 Å². The molecule has 9 nitrogen and oxygen atoms in total. The van der Waals surface area contributed by atoms with Crippen LogP contribution < -0.4 is 18.7 Å². The van der Waals surface area contributed by atoms with E-state index in [0.717, 1.165) is 5.56 Å². The molecule has 0 saturated carbocycles. The Morgan fingerprint density at radius 1 is 1.14 bits per heavy atom. The number of fused-ring (bicyclic) bond motifs is 1. The number of rotatable bonds is 5. The smallest absolute Gasteiger partial charge is 0.497 e. The third-order valence-electron chi connectivity index (χ3n) is 4.20. The number of phosphoric ester groups is 1. The van der Waals surface area contributed by atoms with E-state index in [4.69, 9.17) is 23.3 Å². The maximum atomic E-state index is 11.4. The van der Waals surface area contributed by atoms with Crippen molar-refractivity contribution in [2.75, 3.05) is 13.9 Å². The minimum atomic E-state index is -4.80. The van der Waals surface area contributed by atoms with Crippen molar-refractivity contribution in [2.24, 2.45) is 0 Å². The number of hydrogen-bond acceptors (Lipinski definition) is 7. The Bertz CT molecular complexity index is 1090. The average molecular weight is 405 g/mol. The van der Waals surface area contributed by atoms with Crippen molar-refractivity contribution in [1.29, 1.82) is 0 Å². The Morgan fingerprint density at radius 2 is 1.96 bits per heavy atom. The van der Waals surface area contributed by atoms with Crippen LogP contribution in [-0.2, 0) is 4.57 Å². The van der Waals surface area contributed by atoms with Gasteiger partial charge in [-0.15, -0.1) is 0 Å². The Hall–Kier alpha value is -3.00. The van der Waals surface area contributed by atoms with Crippen LogP contribution >= 0.6 is 7.82 Å². The van der Waals surface area contributed by atoms with Gasteiger partial charge in [0.15, 0.2) is 11.5 Å². The highest BCUT2D eigenvalue weighted by Gasteiger charge is 2.25. The molecular formula is C18H16NO8P. The normalized spacial score (nSPS) is 12.9. The molecule has 0 bridgehead atoms. The molecule has 0 atom stereocenters. The first-order valence-corrected chi connectivity index (χ1v) is 9.67. The summed E-state index contributed by atoms with van der Waals surface area (Å²) in [6.45, 7) is 2.02. The number of phosphoric acid groups is 1. The lowest BCUT2D eigenvalue weighted by molar-refractivity contribution is 0.173. The molecule has 0 unspecified atom stereocenters. The van der Waals surface area contributed by atoms with Crippen molar-refractivity contribution < 1.29 is 37.6 Å². The molecule has 10 heteroatoms. The van der Waals surface area contributed by atoms with Gasteiger partial charge in [0.1, 0.15) is 23.5 Å². The molecule has 0 saturated heterocycles. The fourth-order valence-corrected chi connectivity index (χ4v) is 3.42. The molecule has 2 heterocycles. The van der Waals surface area contributed by atoms with E-state index >= 15 is 0 Å². The van der Waals surface area contributed by atoms with Gasteiger partial charge in [-0.1, -0.05) is 5.16 Å². The lowest BCUT2D eigenvalue weighted by atomic mass is 9.99. The van der Waals surface area contributed by atoms with Gasteiger partial charge in [0.05, 0.1) is 12.7 Å². The van der Waals surface area contributed by atoms with Crippen LogP contribution in [0.4, 0.5) is 0 Å². The van der Waals surface area contributed by atoms with Crippen LogP contribution in [0.2, 0.25) is 0 Å². The topological polar surface area (TPSA) is 120 Å². The first-order chi connectivity index (χ1) is 13.4. The number of hydrogen-bond donors (Lipinski definition) is 2. The lowest BCUT2D eigenvalue weighted by Gasteiger charge is -2.13. The standard InChI is InChI=1S/C18H16NO8P/c1-10-5-11(6-16-18(10)25-9-24-16)17-14(8-26-19-17)13-4-3-12(23-2)7-15(13)27-28(20,21)22/h3-8H,9H2,1-2H3,(H2,20,21,22). The molecule has 3 aromatic rings. The molecular weight excluding hydrogens is 389 g/mol. The largest absolute Gasteiger partial charge is 0.524 e. The number of nitrogens with zero attached hydrogens (tertiary/aromatic N) is 1. The second kappa shape index (κ2) is 6.87. The van der Waals surface area contributed by atoms with E-state index in [-0.39, 0.29) is 12.5 Å². The van der Waals surface area contributed by atoms with Crippen LogP contribution in [0.1, 0.15) is 5.56 Å². The predicted octanol–water partition coefficient (Wildman–Crippen LogP) is 3.53. The summed E-state index contributed by atoms with van der Waals surface area (Å²) in [6, 6.07) is 8.27. The van der Waals surface area contributed by atoms with E-state index < -0.39 is 7.82 Å². The predicted molar refractivity (Wildman–Crippen MR) is 97.5 cm³/mol. The highest BCUT2D eigenvalue weighted by Crippen LogP contribution is 2.47. The van der Waals surface area contributed by atoms with Crippen LogP contribution in [0, 0.1) is 6.92 Å². The van der Waals surface area contributed by atoms with Crippen molar-refractivity contribution in [3.63, 3.8) is 0 Å². The molecule has 1 aliphatic heterocycles. The van der Waals surface area contributed by atoms with Gasteiger partial charge >= 0.3 is 7.82 Å². The third kappa shape index (κ3) is 3.43. The number of benzene rings is 2. The van der Waals surface area contributed by atoms with Crippen molar-refractivity contribution in [3.05, 3.63) is 42.2 Å². The molecule has 4 rings (SSSR count). The first kappa shape index (κ1) is 18.4. The second-order valence-electron chi connectivity index (χ2n) is 6.05. The summed E-state index contributed by atoms with van der Waals surface area (Å²) in [5.41, 5.74) is 2.89. The molecule has 28 heavy (non-hydrogen) atoms. The van der Waals surface area contributed by atoms with Crippen LogP contribution in [0.15, 0.2) is 41.1 Å². The van der Waals surface area contributed by atoms with Gasteiger partial charge in [-0.2, -0.15) is 0 Å².